The maximum absolute atomic E-state index is 4.29. The van der Waals surface area contributed by atoms with Gasteiger partial charge in [-0.25, -0.2) is 0 Å². The van der Waals surface area contributed by atoms with Crippen molar-refractivity contribution in [2.75, 3.05) is 12.3 Å². The summed E-state index contributed by atoms with van der Waals surface area (Å²) in [5.74, 6) is 2.17. The number of hydrogen-bond donors (Lipinski definition) is 1. The summed E-state index contributed by atoms with van der Waals surface area (Å²) in [4.78, 5) is 8.38. The molecule has 1 aromatic heterocycles. The van der Waals surface area contributed by atoms with E-state index in [-0.39, 0.29) is 6.04 Å². The highest BCUT2D eigenvalue weighted by Gasteiger charge is 2.04. The van der Waals surface area contributed by atoms with Crippen LogP contribution in [0.3, 0.4) is 0 Å². The zero-order chi connectivity index (χ0) is 13.3. The van der Waals surface area contributed by atoms with Gasteiger partial charge in [0, 0.05) is 42.7 Å². The fourth-order valence-electron chi connectivity index (χ4n) is 1.75. The quantitative estimate of drug-likeness (QED) is 0.787. The van der Waals surface area contributed by atoms with Crippen molar-refractivity contribution in [2.24, 2.45) is 0 Å². The summed E-state index contributed by atoms with van der Waals surface area (Å²) in [6.07, 6.45) is 5.25. The van der Waals surface area contributed by atoms with Gasteiger partial charge in [0.1, 0.15) is 0 Å². The number of nitrogens with zero attached hydrogens (tertiary/aromatic N) is 2. The van der Waals surface area contributed by atoms with Crippen molar-refractivity contribution in [2.45, 2.75) is 18.7 Å². The van der Waals surface area contributed by atoms with Gasteiger partial charge in [-0.2, -0.15) is 11.8 Å². The molecule has 19 heavy (non-hydrogen) atoms. The summed E-state index contributed by atoms with van der Waals surface area (Å²) in [7, 11) is 0. The Bertz CT molecular complexity index is 461. The molecule has 0 amide bonds. The highest BCUT2D eigenvalue weighted by molar-refractivity contribution is 7.98. The lowest BCUT2D eigenvalue weighted by Gasteiger charge is -2.12. The minimum atomic E-state index is 0.256. The summed E-state index contributed by atoms with van der Waals surface area (Å²) in [5, 5.41) is 3.46. The summed E-state index contributed by atoms with van der Waals surface area (Å²) >= 11 is 1.94. The Kier molecular flexibility index (Phi) is 5.85. The lowest BCUT2D eigenvalue weighted by Crippen LogP contribution is -2.22. The lowest BCUT2D eigenvalue weighted by atomic mass is 10.2. The fourth-order valence-corrected chi connectivity index (χ4v) is 2.59. The number of benzene rings is 1. The van der Waals surface area contributed by atoms with E-state index < -0.39 is 0 Å². The Morgan fingerprint density at radius 2 is 2.05 bits per heavy atom. The van der Waals surface area contributed by atoms with Crippen molar-refractivity contribution in [1.29, 1.82) is 0 Å². The minimum absolute atomic E-state index is 0.256. The van der Waals surface area contributed by atoms with Crippen molar-refractivity contribution < 1.29 is 0 Å². The smallest absolute Gasteiger partial charge is 0.0753 e. The maximum atomic E-state index is 4.29. The Labute approximate surface area is 118 Å². The molecule has 100 valence electrons. The van der Waals surface area contributed by atoms with Gasteiger partial charge >= 0.3 is 0 Å². The van der Waals surface area contributed by atoms with Gasteiger partial charge in [-0.05, 0) is 12.5 Å². The summed E-state index contributed by atoms with van der Waals surface area (Å²) < 4.78 is 0. The van der Waals surface area contributed by atoms with Crippen molar-refractivity contribution in [1.82, 2.24) is 15.3 Å². The number of hydrogen-bond acceptors (Lipinski definition) is 4. The monoisotopic (exact) mass is 273 g/mol. The molecule has 1 atom stereocenters. The second-order valence-electron chi connectivity index (χ2n) is 4.34. The molecule has 1 aromatic carbocycles. The van der Waals surface area contributed by atoms with Gasteiger partial charge < -0.3 is 5.32 Å². The van der Waals surface area contributed by atoms with Crippen LogP contribution in [0.4, 0.5) is 0 Å². The second-order valence-corrected chi connectivity index (χ2v) is 5.45. The zero-order valence-electron chi connectivity index (χ0n) is 11.1. The Hall–Kier alpha value is -1.39. The van der Waals surface area contributed by atoms with Crippen LogP contribution in [0.2, 0.25) is 0 Å². The van der Waals surface area contributed by atoms with E-state index in [0.29, 0.717) is 0 Å². The largest absolute Gasteiger partial charge is 0.308 e. The Morgan fingerprint density at radius 3 is 2.79 bits per heavy atom. The van der Waals surface area contributed by atoms with Crippen molar-refractivity contribution in [3.63, 3.8) is 0 Å². The third kappa shape index (κ3) is 5.01. The molecule has 2 aromatic rings. The van der Waals surface area contributed by atoms with Crippen LogP contribution in [-0.4, -0.2) is 22.3 Å². The van der Waals surface area contributed by atoms with Gasteiger partial charge in [0.2, 0.25) is 0 Å². The molecular weight excluding hydrogens is 254 g/mol. The molecule has 0 radical (unpaired) electrons. The highest BCUT2D eigenvalue weighted by atomic mass is 32.2. The molecule has 0 bridgehead atoms. The summed E-state index contributed by atoms with van der Waals surface area (Å²) in [5.41, 5.74) is 2.38. The molecule has 1 N–H and O–H groups in total. The van der Waals surface area contributed by atoms with Gasteiger partial charge in [0.25, 0.3) is 0 Å². The second kappa shape index (κ2) is 7.92. The fraction of sp³-hybridized carbons (Fsp3) is 0.333. The molecule has 0 saturated carbocycles. The molecule has 0 fully saturated rings. The van der Waals surface area contributed by atoms with Crippen molar-refractivity contribution >= 4 is 11.8 Å². The number of thioether (sulfide) groups is 1. The summed E-state index contributed by atoms with van der Waals surface area (Å²) in [6.45, 7) is 3.10. The molecule has 0 unspecified atom stereocenters. The van der Waals surface area contributed by atoms with Gasteiger partial charge in [0.05, 0.1) is 5.69 Å². The topological polar surface area (TPSA) is 37.8 Å². The molecule has 4 heteroatoms. The van der Waals surface area contributed by atoms with E-state index in [4.69, 9.17) is 0 Å². The zero-order valence-corrected chi connectivity index (χ0v) is 11.9. The normalized spacial score (nSPS) is 12.3. The highest BCUT2D eigenvalue weighted by Crippen LogP contribution is 2.11. The van der Waals surface area contributed by atoms with E-state index in [9.17, 15) is 0 Å². The van der Waals surface area contributed by atoms with Crippen LogP contribution in [0.15, 0.2) is 48.9 Å². The number of nitrogens with one attached hydrogen (secondary N) is 1. The van der Waals surface area contributed by atoms with Crippen LogP contribution in [0.1, 0.15) is 24.2 Å². The third-order valence-corrected chi connectivity index (χ3v) is 3.87. The lowest BCUT2D eigenvalue weighted by molar-refractivity contribution is 0.583. The molecule has 3 nitrogen and oxygen atoms in total. The molecule has 0 aliphatic heterocycles. The standard InChI is InChI=1S/C15H19N3S/c1-13(15-11-16-7-8-18-15)17-9-10-19-12-14-5-3-2-4-6-14/h2-8,11,13,17H,9-10,12H2,1H3/t13-/m1/s1. The number of aromatic nitrogens is 2. The molecule has 2 rings (SSSR count). The first-order valence-corrected chi connectivity index (χ1v) is 7.62. The van der Waals surface area contributed by atoms with E-state index in [0.717, 1.165) is 23.7 Å². The van der Waals surface area contributed by atoms with Crippen LogP contribution in [0.5, 0.6) is 0 Å². The van der Waals surface area contributed by atoms with Crippen molar-refractivity contribution in [3.8, 4) is 0 Å². The number of rotatable bonds is 7. The summed E-state index contributed by atoms with van der Waals surface area (Å²) in [6, 6.07) is 10.8. The molecule has 0 saturated heterocycles. The van der Waals surface area contributed by atoms with E-state index in [1.807, 2.05) is 18.0 Å². The van der Waals surface area contributed by atoms with Crippen LogP contribution in [0.25, 0.3) is 0 Å². The van der Waals surface area contributed by atoms with Crippen LogP contribution in [-0.2, 0) is 5.75 Å². The van der Waals surface area contributed by atoms with Crippen LogP contribution in [0, 0.1) is 0 Å². The first-order chi connectivity index (χ1) is 9.36. The van der Waals surface area contributed by atoms with Gasteiger partial charge in [-0.15, -0.1) is 0 Å². The van der Waals surface area contributed by atoms with E-state index in [1.54, 1.807) is 12.4 Å². The van der Waals surface area contributed by atoms with Crippen LogP contribution >= 0.6 is 11.8 Å². The molecule has 0 aliphatic carbocycles. The van der Waals surface area contributed by atoms with E-state index >= 15 is 0 Å². The first kappa shape index (κ1) is 14.0. The average molecular weight is 273 g/mol. The Morgan fingerprint density at radius 1 is 1.21 bits per heavy atom. The van der Waals surface area contributed by atoms with Crippen LogP contribution < -0.4 is 5.32 Å². The molecule has 1 heterocycles. The van der Waals surface area contributed by atoms with Gasteiger partial charge in [-0.3, -0.25) is 9.97 Å². The predicted molar refractivity (Wildman–Crippen MR) is 81.1 cm³/mol. The van der Waals surface area contributed by atoms with E-state index in [1.165, 1.54) is 5.56 Å². The van der Waals surface area contributed by atoms with E-state index in [2.05, 4.69) is 52.5 Å². The molecule has 0 aliphatic rings. The average Bonchev–Trinajstić information content (AvgIpc) is 2.49. The predicted octanol–water partition coefficient (Wildman–Crippen LogP) is 3.06. The SMILES string of the molecule is C[C@@H](NCCSCc1ccccc1)c1cnccn1. The van der Waals surface area contributed by atoms with Gasteiger partial charge in [-0.1, -0.05) is 30.3 Å². The van der Waals surface area contributed by atoms with Gasteiger partial charge in [0.15, 0.2) is 0 Å². The molecular formula is C15H19N3S. The molecule has 0 spiro atoms. The first-order valence-electron chi connectivity index (χ1n) is 6.47. The maximum Gasteiger partial charge on any atom is 0.0753 e. The Balaban J connectivity index is 1.62. The van der Waals surface area contributed by atoms with Crippen molar-refractivity contribution in [3.05, 3.63) is 60.2 Å². The third-order valence-electron chi connectivity index (χ3n) is 2.84. The minimum Gasteiger partial charge on any atom is -0.308 e.